The fourth-order valence-corrected chi connectivity index (χ4v) is 12.5. The number of ether oxygens (including phenoxy) is 1. The van der Waals surface area contributed by atoms with Crippen molar-refractivity contribution in [1.29, 1.82) is 0 Å². The quantitative estimate of drug-likeness (QED) is 0.0788. The maximum atomic E-state index is 13.0. The maximum Gasteiger partial charge on any atom is 0.306 e. The van der Waals surface area contributed by atoms with E-state index in [0.717, 1.165) is 113 Å². The van der Waals surface area contributed by atoms with Gasteiger partial charge in [0.05, 0.1) is 12.2 Å². The molecule has 0 heterocycles. The summed E-state index contributed by atoms with van der Waals surface area (Å²) in [6.07, 6.45) is 28.3. The number of hydrogen-bond acceptors (Lipinski definition) is 5. The van der Waals surface area contributed by atoms with Crippen molar-refractivity contribution in [2.75, 3.05) is 0 Å². The Balaban J connectivity index is 1.02. The van der Waals surface area contributed by atoms with Crippen molar-refractivity contribution >= 4 is 11.8 Å². The zero-order valence-electron chi connectivity index (χ0n) is 34.3. The lowest BCUT2D eigenvalue weighted by Gasteiger charge is -2.58. The molecule has 0 aromatic heterocycles. The van der Waals surface area contributed by atoms with Gasteiger partial charge < -0.3 is 14.9 Å². The molecule has 0 unspecified atom stereocenters. The second-order valence-electron chi connectivity index (χ2n) is 19.5. The SMILES string of the molecule is CCCCC[C@H](O)/C=C/[C@H]1[C@H](O)CC(=O)[C@@H]1CCCCCCC(=O)O[C@H]1CC[C@@]2(C)C(=CC[C@H]3[C@@H]4CC[C@H]([C@H](C)CCCC(C)C)[C@@]4(C)CC[C@@H]32)C1. The molecule has 52 heavy (non-hydrogen) atoms. The van der Waals surface area contributed by atoms with Gasteiger partial charge in [0, 0.05) is 31.1 Å². The molecular weight excluding hydrogens is 645 g/mol. The van der Waals surface area contributed by atoms with Crippen LogP contribution in [0.2, 0.25) is 0 Å². The number of ketones is 1. The van der Waals surface area contributed by atoms with Crippen LogP contribution in [0, 0.1) is 58.2 Å². The number of carbonyl (C=O) groups is 2. The topological polar surface area (TPSA) is 83.8 Å². The molecule has 0 aromatic carbocycles. The number of allylic oxidation sites excluding steroid dienone is 1. The number of fused-ring (bicyclic) bond motifs is 5. The van der Waals surface area contributed by atoms with Gasteiger partial charge in [0.15, 0.2) is 0 Å². The summed E-state index contributed by atoms with van der Waals surface area (Å²) in [7, 11) is 0. The predicted molar refractivity (Wildman–Crippen MR) is 213 cm³/mol. The van der Waals surface area contributed by atoms with E-state index in [1.54, 1.807) is 11.6 Å². The predicted octanol–water partition coefficient (Wildman–Crippen LogP) is 11.3. The maximum absolute atomic E-state index is 13.0. The number of esters is 1. The Hall–Kier alpha value is -1.46. The van der Waals surface area contributed by atoms with E-state index in [2.05, 4.69) is 47.6 Å². The zero-order valence-corrected chi connectivity index (χ0v) is 34.3. The van der Waals surface area contributed by atoms with Gasteiger partial charge in [-0.25, -0.2) is 0 Å². The van der Waals surface area contributed by atoms with Gasteiger partial charge in [-0.1, -0.05) is 123 Å². The Morgan fingerprint density at radius 2 is 1.71 bits per heavy atom. The van der Waals surface area contributed by atoms with Gasteiger partial charge in [-0.3, -0.25) is 9.59 Å². The minimum Gasteiger partial charge on any atom is -0.462 e. The van der Waals surface area contributed by atoms with E-state index in [1.165, 1.54) is 51.4 Å². The Kier molecular flexibility index (Phi) is 15.2. The molecular formula is C47H78O5. The Morgan fingerprint density at radius 3 is 2.48 bits per heavy atom. The van der Waals surface area contributed by atoms with Crippen LogP contribution < -0.4 is 0 Å². The molecule has 0 bridgehead atoms. The van der Waals surface area contributed by atoms with Crippen molar-refractivity contribution in [3.8, 4) is 0 Å². The molecule has 5 rings (SSSR count). The van der Waals surface area contributed by atoms with E-state index in [0.29, 0.717) is 11.8 Å². The molecule has 2 N–H and O–H groups in total. The first-order valence-electron chi connectivity index (χ1n) is 22.3. The van der Waals surface area contributed by atoms with Gasteiger partial charge in [0.1, 0.15) is 11.9 Å². The first kappa shape index (κ1) is 41.7. The normalized spacial score (nSPS) is 37.1. The van der Waals surface area contributed by atoms with Crippen LogP contribution in [-0.4, -0.2) is 40.3 Å². The number of aliphatic hydroxyl groups excluding tert-OH is 2. The number of rotatable bonds is 19. The van der Waals surface area contributed by atoms with E-state index < -0.39 is 12.2 Å². The van der Waals surface area contributed by atoms with Crippen molar-refractivity contribution in [3.05, 3.63) is 23.8 Å². The second kappa shape index (κ2) is 18.9. The first-order valence-corrected chi connectivity index (χ1v) is 22.3. The zero-order chi connectivity index (χ0) is 37.5. The van der Waals surface area contributed by atoms with E-state index in [1.807, 2.05) is 6.08 Å². The molecule has 0 spiro atoms. The average Bonchev–Trinajstić information content (AvgIpc) is 3.59. The first-order chi connectivity index (χ1) is 24.9. The summed E-state index contributed by atoms with van der Waals surface area (Å²) >= 11 is 0. The lowest BCUT2D eigenvalue weighted by molar-refractivity contribution is -0.151. The third-order valence-electron chi connectivity index (χ3n) is 15.6. The fourth-order valence-electron chi connectivity index (χ4n) is 12.5. The minimum atomic E-state index is -0.647. The van der Waals surface area contributed by atoms with Crippen molar-refractivity contribution in [2.24, 2.45) is 58.2 Å². The van der Waals surface area contributed by atoms with Gasteiger partial charge in [-0.15, -0.1) is 0 Å². The van der Waals surface area contributed by atoms with Gasteiger partial charge in [-0.05, 0) is 111 Å². The summed E-state index contributed by atoms with van der Waals surface area (Å²) in [6, 6.07) is 0. The molecule has 0 aromatic rings. The molecule has 0 radical (unpaired) electrons. The van der Waals surface area contributed by atoms with Crippen LogP contribution in [0.1, 0.15) is 183 Å². The van der Waals surface area contributed by atoms with E-state index >= 15 is 0 Å². The number of aliphatic hydroxyl groups is 2. The summed E-state index contributed by atoms with van der Waals surface area (Å²) in [5.41, 5.74) is 2.37. The van der Waals surface area contributed by atoms with E-state index in [4.69, 9.17) is 4.74 Å². The average molecular weight is 723 g/mol. The number of hydrogen-bond donors (Lipinski definition) is 2. The summed E-state index contributed by atoms with van der Waals surface area (Å²) in [4.78, 5) is 25.6. The summed E-state index contributed by atoms with van der Waals surface area (Å²) in [5.74, 6) is 4.77. The molecule has 12 atom stereocenters. The summed E-state index contributed by atoms with van der Waals surface area (Å²) < 4.78 is 6.12. The summed E-state index contributed by atoms with van der Waals surface area (Å²) in [5, 5.41) is 20.8. The molecule has 5 aliphatic rings. The van der Waals surface area contributed by atoms with Crippen LogP contribution in [0.3, 0.4) is 0 Å². The van der Waals surface area contributed by atoms with Crippen LogP contribution in [0.4, 0.5) is 0 Å². The molecule has 296 valence electrons. The van der Waals surface area contributed by atoms with Crippen LogP contribution in [0.25, 0.3) is 0 Å². The highest BCUT2D eigenvalue weighted by atomic mass is 16.5. The minimum absolute atomic E-state index is 0.0229. The lowest BCUT2D eigenvalue weighted by Crippen LogP contribution is -2.51. The monoisotopic (exact) mass is 723 g/mol. The molecule has 5 nitrogen and oxygen atoms in total. The Bertz CT molecular complexity index is 1220. The van der Waals surface area contributed by atoms with Crippen molar-refractivity contribution < 1.29 is 24.5 Å². The van der Waals surface area contributed by atoms with Crippen LogP contribution in [0.5, 0.6) is 0 Å². The van der Waals surface area contributed by atoms with E-state index in [-0.39, 0.29) is 41.5 Å². The number of Topliss-reactive ketones (excluding diaryl/α,β-unsaturated/α-hetero) is 1. The van der Waals surface area contributed by atoms with Crippen molar-refractivity contribution in [2.45, 2.75) is 201 Å². The highest BCUT2D eigenvalue weighted by Crippen LogP contribution is 2.67. The van der Waals surface area contributed by atoms with Gasteiger partial charge in [0.25, 0.3) is 0 Å². The molecule has 5 heteroatoms. The van der Waals surface area contributed by atoms with Crippen LogP contribution in [-0.2, 0) is 14.3 Å². The van der Waals surface area contributed by atoms with Gasteiger partial charge >= 0.3 is 5.97 Å². The highest BCUT2D eigenvalue weighted by molar-refractivity contribution is 5.84. The Labute approximate surface area is 318 Å². The summed E-state index contributed by atoms with van der Waals surface area (Å²) in [6.45, 7) is 14.7. The van der Waals surface area contributed by atoms with Crippen molar-refractivity contribution in [3.63, 3.8) is 0 Å². The lowest BCUT2D eigenvalue weighted by atomic mass is 9.47. The number of unbranched alkanes of at least 4 members (excludes halogenated alkanes) is 5. The molecule has 5 aliphatic carbocycles. The van der Waals surface area contributed by atoms with Gasteiger partial charge in [-0.2, -0.15) is 0 Å². The molecule has 4 fully saturated rings. The third-order valence-corrected chi connectivity index (χ3v) is 15.6. The van der Waals surface area contributed by atoms with Crippen molar-refractivity contribution in [1.82, 2.24) is 0 Å². The molecule has 4 saturated carbocycles. The van der Waals surface area contributed by atoms with Crippen LogP contribution >= 0.6 is 0 Å². The molecule has 0 saturated heterocycles. The molecule has 0 aliphatic heterocycles. The molecule has 0 amide bonds. The third kappa shape index (κ3) is 9.85. The van der Waals surface area contributed by atoms with Crippen LogP contribution in [0.15, 0.2) is 23.8 Å². The second-order valence-corrected chi connectivity index (χ2v) is 19.5. The number of carbonyl (C=O) groups excluding carboxylic acids is 2. The smallest absolute Gasteiger partial charge is 0.306 e. The van der Waals surface area contributed by atoms with E-state index in [9.17, 15) is 19.8 Å². The highest BCUT2D eigenvalue weighted by Gasteiger charge is 2.59. The standard InChI is InChI=1S/C47H78O5/c1-7-8-11-17-35(48)21-23-38-37(43(49)31-44(38)50)18-12-9-10-13-19-45(51)52-36-26-28-46(5)34(30-36)20-22-39-41-25-24-40(33(4)16-14-15-32(2)3)47(41,6)29-27-42(39)46/h20-21,23,32-33,35-42,44,48,50H,7-19,22,24-31H2,1-6H3/b23-21+/t33-,35+,36+,37-,38-,39+,40-,41+,42+,44-,46+,47-/m1/s1. The van der Waals surface area contributed by atoms with Gasteiger partial charge in [0.2, 0.25) is 0 Å². The fraction of sp³-hybridized carbons (Fsp3) is 0.872. The largest absolute Gasteiger partial charge is 0.462 e. The Morgan fingerprint density at radius 1 is 0.923 bits per heavy atom.